The SMILES string of the molecule is COc1ccc(OC)c(NC(=O)Cn2nnc(-c3cccc(F)c3)n2)c1. The number of carbonyl (C=O) groups excluding carboxylic acids is 1. The van der Waals surface area contributed by atoms with E-state index in [-0.39, 0.29) is 18.3 Å². The van der Waals surface area contributed by atoms with E-state index in [0.29, 0.717) is 22.7 Å². The number of rotatable bonds is 6. The molecule has 2 aromatic carbocycles. The van der Waals surface area contributed by atoms with Crippen LogP contribution in [0.5, 0.6) is 11.5 Å². The van der Waals surface area contributed by atoms with Crippen molar-refractivity contribution in [2.75, 3.05) is 19.5 Å². The van der Waals surface area contributed by atoms with Crippen LogP contribution in [0.3, 0.4) is 0 Å². The van der Waals surface area contributed by atoms with Crippen molar-refractivity contribution >= 4 is 11.6 Å². The van der Waals surface area contributed by atoms with Crippen LogP contribution in [0.25, 0.3) is 11.4 Å². The Hall–Kier alpha value is -3.49. The highest BCUT2D eigenvalue weighted by Gasteiger charge is 2.13. The van der Waals surface area contributed by atoms with Crippen LogP contribution in [-0.2, 0) is 11.3 Å². The van der Waals surface area contributed by atoms with Crippen LogP contribution in [0.1, 0.15) is 0 Å². The third kappa shape index (κ3) is 3.94. The van der Waals surface area contributed by atoms with E-state index in [4.69, 9.17) is 9.47 Å². The molecule has 0 radical (unpaired) electrons. The molecule has 8 nitrogen and oxygen atoms in total. The summed E-state index contributed by atoms with van der Waals surface area (Å²) in [7, 11) is 3.03. The average molecular weight is 357 g/mol. The van der Waals surface area contributed by atoms with Gasteiger partial charge in [0.15, 0.2) is 0 Å². The van der Waals surface area contributed by atoms with Crippen molar-refractivity contribution in [1.29, 1.82) is 0 Å². The fourth-order valence-corrected chi connectivity index (χ4v) is 2.28. The maximum Gasteiger partial charge on any atom is 0.248 e. The minimum Gasteiger partial charge on any atom is -0.497 e. The van der Waals surface area contributed by atoms with E-state index in [1.807, 2.05) is 0 Å². The van der Waals surface area contributed by atoms with Gasteiger partial charge in [-0.05, 0) is 29.5 Å². The monoisotopic (exact) mass is 357 g/mol. The van der Waals surface area contributed by atoms with Gasteiger partial charge in [-0.1, -0.05) is 12.1 Å². The summed E-state index contributed by atoms with van der Waals surface area (Å²) >= 11 is 0. The second kappa shape index (κ2) is 7.60. The van der Waals surface area contributed by atoms with Gasteiger partial charge in [0.1, 0.15) is 23.9 Å². The molecule has 1 aromatic heterocycles. The number of anilines is 1. The van der Waals surface area contributed by atoms with Gasteiger partial charge in [-0.2, -0.15) is 4.80 Å². The van der Waals surface area contributed by atoms with Crippen LogP contribution in [-0.4, -0.2) is 40.3 Å². The van der Waals surface area contributed by atoms with Crippen LogP contribution >= 0.6 is 0 Å². The molecule has 0 bridgehead atoms. The molecule has 0 atom stereocenters. The number of nitrogens with zero attached hydrogens (tertiary/aromatic N) is 4. The molecule has 134 valence electrons. The number of tetrazole rings is 1. The average Bonchev–Trinajstić information content (AvgIpc) is 3.10. The molecule has 0 spiro atoms. The Morgan fingerprint density at radius 1 is 1.19 bits per heavy atom. The molecule has 9 heteroatoms. The third-order valence-corrected chi connectivity index (χ3v) is 3.50. The van der Waals surface area contributed by atoms with Gasteiger partial charge in [0.2, 0.25) is 11.7 Å². The van der Waals surface area contributed by atoms with Crippen LogP contribution in [0.15, 0.2) is 42.5 Å². The van der Waals surface area contributed by atoms with Crippen molar-refractivity contribution in [3.05, 3.63) is 48.3 Å². The van der Waals surface area contributed by atoms with Gasteiger partial charge in [-0.25, -0.2) is 4.39 Å². The first-order valence-corrected chi connectivity index (χ1v) is 7.64. The van der Waals surface area contributed by atoms with E-state index < -0.39 is 5.82 Å². The Kier molecular flexibility index (Phi) is 5.07. The van der Waals surface area contributed by atoms with E-state index in [9.17, 15) is 9.18 Å². The lowest BCUT2D eigenvalue weighted by Gasteiger charge is -2.11. The van der Waals surface area contributed by atoms with E-state index >= 15 is 0 Å². The summed E-state index contributed by atoms with van der Waals surface area (Å²) in [4.78, 5) is 13.4. The van der Waals surface area contributed by atoms with Gasteiger partial charge in [0, 0.05) is 11.6 Å². The highest BCUT2D eigenvalue weighted by Crippen LogP contribution is 2.28. The quantitative estimate of drug-likeness (QED) is 0.727. The van der Waals surface area contributed by atoms with E-state index in [1.54, 1.807) is 30.3 Å². The van der Waals surface area contributed by atoms with Crippen LogP contribution in [0.2, 0.25) is 0 Å². The molecule has 0 fully saturated rings. The van der Waals surface area contributed by atoms with Crippen molar-refractivity contribution < 1.29 is 18.7 Å². The number of nitrogens with one attached hydrogen (secondary N) is 1. The number of amides is 1. The maximum atomic E-state index is 13.3. The summed E-state index contributed by atoms with van der Waals surface area (Å²) in [5.74, 6) is 0.525. The minimum atomic E-state index is -0.401. The van der Waals surface area contributed by atoms with Crippen molar-refractivity contribution in [2.45, 2.75) is 6.54 Å². The molecule has 0 aliphatic carbocycles. The summed E-state index contributed by atoms with van der Waals surface area (Å²) < 4.78 is 23.6. The van der Waals surface area contributed by atoms with Crippen molar-refractivity contribution in [3.63, 3.8) is 0 Å². The standard InChI is InChI=1S/C17H16FN5O3/c1-25-13-6-7-15(26-2)14(9-13)19-16(24)10-23-21-17(20-22-23)11-4-3-5-12(18)8-11/h3-9H,10H2,1-2H3,(H,19,24). The summed E-state index contributed by atoms with van der Waals surface area (Å²) in [5.41, 5.74) is 0.938. The number of benzene rings is 2. The molecule has 1 amide bonds. The lowest BCUT2D eigenvalue weighted by molar-refractivity contribution is -0.117. The molecular formula is C17H16FN5O3. The molecule has 0 unspecified atom stereocenters. The minimum absolute atomic E-state index is 0.164. The Morgan fingerprint density at radius 2 is 2.04 bits per heavy atom. The van der Waals surface area contributed by atoms with Crippen LogP contribution in [0, 0.1) is 5.82 Å². The molecule has 3 rings (SSSR count). The highest BCUT2D eigenvalue weighted by molar-refractivity contribution is 5.92. The van der Waals surface area contributed by atoms with E-state index in [0.717, 1.165) is 4.80 Å². The smallest absolute Gasteiger partial charge is 0.248 e. The fourth-order valence-electron chi connectivity index (χ4n) is 2.28. The Balaban J connectivity index is 1.71. The number of methoxy groups -OCH3 is 2. The summed E-state index contributed by atoms with van der Waals surface area (Å²) in [6, 6.07) is 10.9. The molecule has 0 saturated heterocycles. The predicted octanol–water partition coefficient (Wildman–Crippen LogP) is 2.14. The summed E-state index contributed by atoms with van der Waals surface area (Å²) in [6.07, 6.45) is 0. The lowest BCUT2D eigenvalue weighted by Crippen LogP contribution is -2.20. The molecule has 0 aliphatic rings. The van der Waals surface area contributed by atoms with Gasteiger partial charge in [-0.15, -0.1) is 10.2 Å². The molecule has 1 N–H and O–H groups in total. The molecule has 3 aromatic rings. The second-order valence-corrected chi connectivity index (χ2v) is 5.27. The van der Waals surface area contributed by atoms with E-state index in [1.165, 1.54) is 26.4 Å². The van der Waals surface area contributed by atoms with Gasteiger partial charge in [-0.3, -0.25) is 4.79 Å². The highest BCUT2D eigenvalue weighted by atomic mass is 19.1. The molecule has 0 saturated carbocycles. The zero-order chi connectivity index (χ0) is 18.5. The van der Waals surface area contributed by atoms with Crippen molar-refractivity contribution in [3.8, 4) is 22.9 Å². The Bertz CT molecular complexity index is 928. The first kappa shape index (κ1) is 17.3. The zero-order valence-electron chi connectivity index (χ0n) is 14.1. The Labute approximate surface area is 148 Å². The number of hydrogen-bond acceptors (Lipinski definition) is 6. The normalized spacial score (nSPS) is 10.4. The third-order valence-electron chi connectivity index (χ3n) is 3.50. The van der Waals surface area contributed by atoms with Crippen LogP contribution < -0.4 is 14.8 Å². The Morgan fingerprint density at radius 3 is 2.77 bits per heavy atom. The topological polar surface area (TPSA) is 91.2 Å². The number of aromatic nitrogens is 4. The largest absolute Gasteiger partial charge is 0.497 e. The zero-order valence-corrected chi connectivity index (χ0v) is 14.1. The number of ether oxygens (including phenoxy) is 2. The van der Waals surface area contributed by atoms with Crippen molar-refractivity contribution in [2.24, 2.45) is 0 Å². The van der Waals surface area contributed by atoms with Crippen LogP contribution in [0.4, 0.5) is 10.1 Å². The molecule has 1 heterocycles. The van der Waals surface area contributed by atoms with Gasteiger partial charge >= 0.3 is 0 Å². The maximum absolute atomic E-state index is 13.3. The summed E-state index contributed by atoms with van der Waals surface area (Å²) in [6.45, 7) is -0.164. The van der Waals surface area contributed by atoms with Gasteiger partial charge < -0.3 is 14.8 Å². The predicted molar refractivity (Wildman–Crippen MR) is 91.4 cm³/mol. The molecule has 0 aliphatic heterocycles. The first-order valence-electron chi connectivity index (χ1n) is 7.64. The van der Waals surface area contributed by atoms with E-state index in [2.05, 4.69) is 20.7 Å². The molecule has 26 heavy (non-hydrogen) atoms. The van der Waals surface area contributed by atoms with Crippen molar-refractivity contribution in [1.82, 2.24) is 20.2 Å². The number of carbonyl (C=O) groups is 1. The summed E-state index contributed by atoms with van der Waals surface area (Å²) in [5, 5.41) is 14.5. The lowest BCUT2D eigenvalue weighted by atomic mass is 10.2. The molecular weight excluding hydrogens is 341 g/mol. The fraction of sp³-hybridized carbons (Fsp3) is 0.176. The van der Waals surface area contributed by atoms with Gasteiger partial charge in [0.05, 0.1) is 19.9 Å². The number of hydrogen-bond donors (Lipinski definition) is 1. The second-order valence-electron chi connectivity index (χ2n) is 5.27. The van der Waals surface area contributed by atoms with Gasteiger partial charge in [0.25, 0.3) is 0 Å². The number of halogens is 1. The first-order chi connectivity index (χ1) is 12.6.